The average Bonchev–Trinajstić information content (AvgIpc) is 2.69. The van der Waals surface area contributed by atoms with Crippen molar-refractivity contribution in [2.75, 3.05) is 6.61 Å². The van der Waals surface area contributed by atoms with Gasteiger partial charge in [-0.25, -0.2) is 0 Å². The van der Waals surface area contributed by atoms with Crippen LogP contribution in [0.25, 0.3) is 28.1 Å². The highest BCUT2D eigenvalue weighted by molar-refractivity contribution is 9.11. The van der Waals surface area contributed by atoms with Crippen LogP contribution in [0.5, 0.6) is 0 Å². The molecule has 142 valence electrons. The first-order valence-corrected chi connectivity index (χ1v) is 10.7. The molecular weight excluding hydrogens is 552 g/mol. The van der Waals surface area contributed by atoms with Crippen LogP contribution in [-0.2, 0) is 4.74 Å². The van der Waals surface area contributed by atoms with Crippen molar-refractivity contribution in [2.24, 2.45) is 0 Å². The van der Waals surface area contributed by atoms with E-state index in [0.29, 0.717) is 6.61 Å². The van der Waals surface area contributed by atoms with Gasteiger partial charge in [-0.3, -0.25) is 19.9 Å². The Morgan fingerprint density at radius 1 is 0.714 bits per heavy atom. The molecule has 0 unspecified atom stereocenters. The van der Waals surface area contributed by atoms with Crippen molar-refractivity contribution in [3.63, 3.8) is 0 Å². The summed E-state index contributed by atoms with van der Waals surface area (Å²) >= 11 is 10.0. The summed E-state index contributed by atoms with van der Waals surface area (Å²) in [6.07, 6.45) is 10.6. The van der Waals surface area contributed by atoms with E-state index < -0.39 is 0 Å². The summed E-state index contributed by atoms with van der Waals surface area (Å²) in [5, 5.41) is 0. The third kappa shape index (κ3) is 5.80. The summed E-state index contributed by atoms with van der Waals surface area (Å²) in [5.74, 6) is 0. The van der Waals surface area contributed by atoms with Gasteiger partial charge in [-0.1, -0.05) is 0 Å². The molecule has 0 saturated carbocycles. The van der Waals surface area contributed by atoms with Crippen molar-refractivity contribution in [1.82, 2.24) is 19.9 Å². The Kier molecular flexibility index (Phi) is 7.47. The highest BCUT2D eigenvalue weighted by Crippen LogP contribution is 2.18. The third-order valence-corrected chi connectivity index (χ3v) is 4.81. The zero-order chi connectivity index (χ0) is 19.9. The monoisotopic (exact) mass is 564 g/mol. The fourth-order valence-electron chi connectivity index (χ4n) is 2.26. The van der Waals surface area contributed by atoms with E-state index in [1.165, 1.54) is 0 Å². The number of nitrogens with zero attached hydrogens (tertiary/aromatic N) is 4. The van der Waals surface area contributed by atoms with E-state index in [1.807, 2.05) is 37.3 Å². The van der Waals surface area contributed by atoms with Crippen LogP contribution >= 0.6 is 47.8 Å². The van der Waals surface area contributed by atoms with Crippen LogP contribution in [0.4, 0.5) is 0 Å². The van der Waals surface area contributed by atoms with Gasteiger partial charge in [0.15, 0.2) is 0 Å². The first kappa shape index (κ1) is 20.8. The highest BCUT2D eigenvalue weighted by atomic mass is 79.9. The van der Waals surface area contributed by atoms with Gasteiger partial charge in [-0.05, 0) is 90.6 Å². The Hall–Kier alpha value is -1.90. The molecule has 0 fully saturated rings. The Morgan fingerprint density at radius 2 is 1.14 bits per heavy atom. The topological polar surface area (TPSA) is 60.8 Å². The standard InChI is InChI=1S/C12H11BrN2O.C8H4Br2N2/c1-2-16-4-3-9-5-11-12(14-7-9)6-10(13)8-15-11;9-5-1-7-8(12-3-5)2-6(10)4-11-7/h3-8H,2H2,1H3;1-4H. The molecule has 0 N–H and O–H groups in total. The number of aromatic nitrogens is 4. The lowest BCUT2D eigenvalue weighted by Gasteiger charge is -1.99. The van der Waals surface area contributed by atoms with Crippen LogP contribution in [-0.4, -0.2) is 26.5 Å². The average molecular weight is 567 g/mol. The summed E-state index contributed by atoms with van der Waals surface area (Å²) in [4.78, 5) is 17.0. The highest BCUT2D eigenvalue weighted by Gasteiger charge is 1.98. The maximum atomic E-state index is 5.13. The van der Waals surface area contributed by atoms with Crippen molar-refractivity contribution in [3.8, 4) is 0 Å². The minimum absolute atomic E-state index is 0.669. The summed E-state index contributed by atoms with van der Waals surface area (Å²) in [7, 11) is 0. The number of hydrogen-bond acceptors (Lipinski definition) is 5. The fourth-order valence-corrected chi connectivity index (χ4v) is 3.22. The summed E-state index contributed by atoms with van der Waals surface area (Å²) in [6.45, 7) is 2.62. The second kappa shape index (κ2) is 10.0. The quantitative estimate of drug-likeness (QED) is 0.263. The van der Waals surface area contributed by atoms with E-state index in [0.717, 1.165) is 41.0 Å². The molecule has 8 heteroatoms. The SMILES string of the molecule is Brc1cnc2cc(Br)cnc2c1.CCOC=Cc1cnc2cc(Br)cnc2c1. The lowest BCUT2D eigenvalue weighted by atomic mass is 10.2. The normalized spacial score (nSPS) is 10.9. The maximum absolute atomic E-state index is 5.13. The minimum atomic E-state index is 0.669. The van der Waals surface area contributed by atoms with Crippen molar-refractivity contribution in [1.29, 1.82) is 0 Å². The Labute approximate surface area is 187 Å². The van der Waals surface area contributed by atoms with Crippen LogP contribution in [0.1, 0.15) is 12.5 Å². The first-order valence-electron chi connectivity index (χ1n) is 8.31. The predicted octanol–water partition coefficient (Wildman–Crippen LogP) is 6.55. The number of fused-ring (bicyclic) bond motifs is 2. The maximum Gasteiger partial charge on any atom is 0.0898 e. The molecule has 0 aliphatic heterocycles. The van der Waals surface area contributed by atoms with Gasteiger partial charge in [0.05, 0.1) is 34.9 Å². The number of rotatable bonds is 3. The molecule has 5 nitrogen and oxygen atoms in total. The van der Waals surface area contributed by atoms with E-state index >= 15 is 0 Å². The molecule has 0 atom stereocenters. The number of pyridine rings is 4. The van der Waals surface area contributed by atoms with E-state index in [1.54, 1.807) is 31.0 Å². The molecule has 0 aliphatic carbocycles. The molecule has 0 bridgehead atoms. The molecule has 4 heterocycles. The zero-order valence-electron chi connectivity index (χ0n) is 14.8. The van der Waals surface area contributed by atoms with Crippen molar-refractivity contribution >= 4 is 75.9 Å². The predicted molar refractivity (Wildman–Crippen MR) is 123 cm³/mol. The molecule has 4 rings (SSSR count). The Balaban J connectivity index is 0.000000167. The van der Waals surface area contributed by atoms with Gasteiger partial charge in [-0.2, -0.15) is 0 Å². The van der Waals surface area contributed by atoms with E-state index in [2.05, 4.69) is 67.7 Å². The van der Waals surface area contributed by atoms with E-state index in [4.69, 9.17) is 4.74 Å². The molecule has 0 amide bonds. The lowest BCUT2D eigenvalue weighted by molar-refractivity contribution is 0.272. The van der Waals surface area contributed by atoms with Crippen LogP contribution < -0.4 is 0 Å². The first-order chi connectivity index (χ1) is 13.5. The smallest absolute Gasteiger partial charge is 0.0898 e. The van der Waals surface area contributed by atoms with Gasteiger partial charge in [0.2, 0.25) is 0 Å². The van der Waals surface area contributed by atoms with E-state index in [9.17, 15) is 0 Å². The summed E-state index contributed by atoms with van der Waals surface area (Å²) in [6, 6.07) is 7.80. The van der Waals surface area contributed by atoms with Crippen LogP contribution in [0.15, 0.2) is 68.7 Å². The molecule has 0 spiro atoms. The van der Waals surface area contributed by atoms with Gasteiger partial charge < -0.3 is 4.74 Å². The van der Waals surface area contributed by atoms with Crippen molar-refractivity contribution < 1.29 is 4.74 Å². The summed E-state index contributed by atoms with van der Waals surface area (Å²) in [5.41, 5.74) is 4.53. The second-order valence-corrected chi connectivity index (χ2v) is 8.31. The molecule has 0 radical (unpaired) electrons. The molecule has 0 aliphatic rings. The fraction of sp³-hybridized carbons (Fsp3) is 0.100. The van der Waals surface area contributed by atoms with Crippen LogP contribution in [0, 0.1) is 0 Å². The second-order valence-electron chi connectivity index (χ2n) is 5.56. The van der Waals surface area contributed by atoms with Gasteiger partial charge in [-0.15, -0.1) is 0 Å². The minimum Gasteiger partial charge on any atom is -0.501 e. The van der Waals surface area contributed by atoms with Crippen LogP contribution in [0.3, 0.4) is 0 Å². The number of ether oxygens (including phenoxy) is 1. The Bertz CT molecular complexity index is 1090. The van der Waals surface area contributed by atoms with E-state index in [-0.39, 0.29) is 0 Å². The van der Waals surface area contributed by atoms with Crippen molar-refractivity contribution in [3.05, 3.63) is 74.3 Å². The number of halogens is 3. The van der Waals surface area contributed by atoms with Gasteiger partial charge in [0, 0.05) is 38.2 Å². The molecule has 4 aromatic rings. The van der Waals surface area contributed by atoms with Crippen molar-refractivity contribution in [2.45, 2.75) is 6.92 Å². The summed E-state index contributed by atoms with van der Waals surface area (Å²) < 4.78 is 7.97. The molecular formula is C20H15Br3N4O. The van der Waals surface area contributed by atoms with Gasteiger partial charge in [0.25, 0.3) is 0 Å². The largest absolute Gasteiger partial charge is 0.501 e. The van der Waals surface area contributed by atoms with Crippen LogP contribution in [0.2, 0.25) is 0 Å². The van der Waals surface area contributed by atoms with Gasteiger partial charge in [0.1, 0.15) is 0 Å². The zero-order valence-corrected chi connectivity index (χ0v) is 19.6. The Morgan fingerprint density at radius 3 is 1.61 bits per heavy atom. The lowest BCUT2D eigenvalue weighted by Crippen LogP contribution is -1.85. The molecule has 28 heavy (non-hydrogen) atoms. The van der Waals surface area contributed by atoms with Gasteiger partial charge >= 0.3 is 0 Å². The number of hydrogen-bond donors (Lipinski definition) is 0. The molecule has 4 aromatic heterocycles. The molecule has 0 saturated heterocycles. The molecule has 0 aromatic carbocycles. The third-order valence-electron chi connectivity index (χ3n) is 3.51.